The van der Waals surface area contributed by atoms with Gasteiger partial charge < -0.3 is 18.9 Å². The smallest absolute Gasteiger partial charge is 0.381 e. The highest BCUT2D eigenvalue weighted by Crippen LogP contribution is 2.02. The van der Waals surface area contributed by atoms with Gasteiger partial charge in [-0.2, -0.15) is 8.42 Å². The Labute approximate surface area is 190 Å². The van der Waals surface area contributed by atoms with E-state index in [2.05, 4.69) is 13.8 Å². The van der Waals surface area contributed by atoms with Crippen LogP contribution in [0.2, 0.25) is 0 Å². The SMILES string of the molecule is CCCCOCCCOCCCCOS(=O)(=O)OCCCCOCCCOCCCC. The summed E-state index contributed by atoms with van der Waals surface area (Å²) in [7, 11) is -3.92. The summed E-state index contributed by atoms with van der Waals surface area (Å²) in [6, 6.07) is 0. The minimum Gasteiger partial charge on any atom is -0.381 e. The normalized spacial score (nSPS) is 11.9. The van der Waals surface area contributed by atoms with Gasteiger partial charge >= 0.3 is 10.4 Å². The average molecular weight is 471 g/mol. The lowest BCUT2D eigenvalue weighted by molar-refractivity contribution is 0.0779. The Kier molecular flexibility index (Phi) is 24.1. The molecule has 0 saturated carbocycles. The van der Waals surface area contributed by atoms with Crippen LogP contribution in [0.25, 0.3) is 0 Å². The first-order chi connectivity index (χ1) is 15.1. The minimum absolute atomic E-state index is 0.106. The van der Waals surface area contributed by atoms with Crippen molar-refractivity contribution in [3.8, 4) is 0 Å². The van der Waals surface area contributed by atoms with Gasteiger partial charge in [-0.15, -0.1) is 0 Å². The summed E-state index contributed by atoms with van der Waals surface area (Å²) in [6.07, 6.45) is 8.92. The van der Waals surface area contributed by atoms with E-state index in [0.717, 1.165) is 77.8 Å². The van der Waals surface area contributed by atoms with E-state index in [1.54, 1.807) is 0 Å². The summed E-state index contributed by atoms with van der Waals surface area (Å²) in [5, 5.41) is 0. The Morgan fingerprint density at radius 1 is 0.419 bits per heavy atom. The second-order valence-electron chi connectivity index (χ2n) is 7.33. The predicted molar refractivity (Wildman–Crippen MR) is 122 cm³/mol. The Morgan fingerprint density at radius 2 is 0.710 bits per heavy atom. The van der Waals surface area contributed by atoms with E-state index in [4.69, 9.17) is 27.3 Å². The van der Waals surface area contributed by atoms with Crippen LogP contribution < -0.4 is 0 Å². The molecule has 9 heteroatoms. The topological polar surface area (TPSA) is 89.5 Å². The highest BCUT2D eigenvalue weighted by atomic mass is 32.3. The molecular weight excluding hydrogens is 424 g/mol. The molecule has 0 bridgehead atoms. The Bertz CT molecular complexity index is 411. The third-order valence-corrected chi connectivity index (χ3v) is 5.17. The third kappa shape index (κ3) is 25.8. The van der Waals surface area contributed by atoms with Gasteiger partial charge in [0.1, 0.15) is 0 Å². The zero-order valence-electron chi connectivity index (χ0n) is 19.8. The Hall–Kier alpha value is -0.290. The monoisotopic (exact) mass is 470 g/mol. The fourth-order valence-corrected chi connectivity index (χ4v) is 3.11. The molecule has 188 valence electrons. The second-order valence-corrected chi connectivity index (χ2v) is 8.62. The lowest BCUT2D eigenvalue weighted by Gasteiger charge is -2.07. The molecule has 0 unspecified atom stereocenters. The molecule has 0 rings (SSSR count). The van der Waals surface area contributed by atoms with E-state index < -0.39 is 10.4 Å². The molecule has 0 saturated heterocycles. The molecule has 0 aromatic rings. The zero-order chi connectivity index (χ0) is 22.9. The molecule has 0 aliphatic heterocycles. The van der Waals surface area contributed by atoms with E-state index in [9.17, 15) is 8.42 Å². The summed E-state index contributed by atoms with van der Waals surface area (Å²) < 4.78 is 54.9. The number of hydrogen-bond acceptors (Lipinski definition) is 8. The fraction of sp³-hybridized carbons (Fsp3) is 1.00. The van der Waals surface area contributed by atoms with E-state index >= 15 is 0 Å². The summed E-state index contributed by atoms with van der Waals surface area (Å²) in [6.45, 7) is 10.0. The van der Waals surface area contributed by atoms with Gasteiger partial charge in [-0.3, -0.25) is 0 Å². The molecule has 0 aromatic carbocycles. The maximum Gasteiger partial charge on any atom is 0.399 e. The standard InChI is InChI=1S/C22H46O8S/c1-3-5-13-25-17-11-19-27-15-7-9-21-29-31(23,24)30-22-10-8-16-28-20-12-18-26-14-6-4-2/h3-22H2,1-2H3. The van der Waals surface area contributed by atoms with Crippen molar-refractivity contribution in [2.24, 2.45) is 0 Å². The first-order valence-corrected chi connectivity index (χ1v) is 13.3. The molecule has 31 heavy (non-hydrogen) atoms. The van der Waals surface area contributed by atoms with Crippen molar-refractivity contribution >= 4 is 10.4 Å². The van der Waals surface area contributed by atoms with Gasteiger partial charge in [0.05, 0.1) is 13.2 Å². The van der Waals surface area contributed by atoms with Crippen molar-refractivity contribution in [1.29, 1.82) is 0 Å². The van der Waals surface area contributed by atoms with Gasteiger partial charge in [0.2, 0.25) is 0 Å². The van der Waals surface area contributed by atoms with Crippen LogP contribution in [0.5, 0.6) is 0 Å². The van der Waals surface area contributed by atoms with E-state index in [1.165, 1.54) is 0 Å². The van der Waals surface area contributed by atoms with Crippen molar-refractivity contribution < 1.29 is 35.7 Å². The van der Waals surface area contributed by atoms with Gasteiger partial charge in [-0.05, 0) is 51.4 Å². The highest BCUT2D eigenvalue weighted by Gasteiger charge is 2.11. The van der Waals surface area contributed by atoms with Crippen molar-refractivity contribution in [3.05, 3.63) is 0 Å². The molecular formula is C22H46O8S. The summed E-state index contributed by atoms with van der Waals surface area (Å²) in [5.41, 5.74) is 0. The van der Waals surface area contributed by atoms with Crippen molar-refractivity contribution in [1.82, 2.24) is 0 Å². The Balaban J connectivity index is 3.31. The maximum atomic E-state index is 11.7. The van der Waals surface area contributed by atoms with Gasteiger partial charge in [0.25, 0.3) is 0 Å². The van der Waals surface area contributed by atoms with Gasteiger partial charge in [0, 0.05) is 52.9 Å². The number of hydrogen-bond donors (Lipinski definition) is 0. The molecule has 0 radical (unpaired) electrons. The van der Waals surface area contributed by atoms with E-state index in [1.807, 2.05) is 0 Å². The number of ether oxygens (including phenoxy) is 4. The van der Waals surface area contributed by atoms with E-state index in [-0.39, 0.29) is 13.2 Å². The van der Waals surface area contributed by atoms with Crippen molar-refractivity contribution in [3.63, 3.8) is 0 Å². The molecule has 8 nitrogen and oxygen atoms in total. The molecule has 0 aliphatic carbocycles. The summed E-state index contributed by atoms with van der Waals surface area (Å²) >= 11 is 0. The van der Waals surface area contributed by atoms with Crippen LogP contribution in [0.4, 0.5) is 0 Å². The van der Waals surface area contributed by atoms with Crippen LogP contribution >= 0.6 is 0 Å². The van der Waals surface area contributed by atoms with Crippen molar-refractivity contribution in [2.75, 3.05) is 66.1 Å². The minimum atomic E-state index is -3.92. The average Bonchev–Trinajstić information content (AvgIpc) is 2.75. The maximum absolute atomic E-state index is 11.7. The number of unbranched alkanes of at least 4 members (excludes halogenated alkanes) is 4. The molecule has 0 spiro atoms. The van der Waals surface area contributed by atoms with Crippen LogP contribution in [-0.4, -0.2) is 74.5 Å². The molecule has 0 N–H and O–H groups in total. The van der Waals surface area contributed by atoms with Gasteiger partial charge in [-0.1, -0.05) is 26.7 Å². The van der Waals surface area contributed by atoms with Crippen molar-refractivity contribution in [2.45, 2.75) is 78.1 Å². The largest absolute Gasteiger partial charge is 0.399 e. The molecule has 0 amide bonds. The molecule has 0 aromatic heterocycles. The Morgan fingerprint density at radius 3 is 1.06 bits per heavy atom. The highest BCUT2D eigenvalue weighted by molar-refractivity contribution is 7.81. The first kappa shape index (κ1) is 30.7. The lowest BCUT2D eigenvalue weighted by atomic mass is 10.3. The van der Waals surface area contributed by atoms with Crippen LogP contribution in [0, 0.1) is 0 Å². The first-order valence-electron chi connectivity index (χ1n) is 12.0. The van der Waals surface area contributed by atoms with Gasteiger partial charge in [0.15, 0.2) is 0 Å². The zero-order valence-corrected chi connectivity index (χ0v) is 20.6. The van der Waals surface area contributed by atoms with Crippen LogP contribution in [0.3, 0.4) is 0 Å². The molecule has 0 heterocycles. The summed E-state index contributed by atoms with van der Waals surface area (Å²) in [4.78, 5) is 0. The van der Waals surface area contributed by atoms with E-state index in [0.29, 0.717) is 39.3 Å². The predicted octanol–water partition coefficient (Wildman–Crippen LogP) is 4.27. The van der Waals surface area contributed by atoms with Crippen LogP contribution in [0.1, 0.15) is 78.1 Å². The van der Waals surface area contributed by atoms with Crippen LogP contribution in [-0.2, 0) is 37.7 Å². The summed E-state index contributed by atoms with van der Waals surface area (Å²) in [5.74, 6) is 0. The number of rotatable bonds is 26. The lowest BCUT2D eigenvalue weighted by Crippen LogP contribution is -2.13. The fourth-order valence-electron chi connectivity index (χ4n) is 2.40. The quantitative estimate of drug-likeness (QED) is 0.173. The molecule has 0 fully saturated rings. The molecule has 0 atom stereocenters. The molecule has 0 aliphatic rings. The second kappa shape index (κ2) is 24.4. The van der Waals surface area contributed by atoms with Gasteiger partial charge in [-0.25, -0.2) is 8.37 Å². The van der Waals surface area contributed by atoms with Crippen LogP contribution in [0.15, 0.2) is 0 Å². The third-order valence-electron chi connectivity index (χ3n) is 4.26.